The van der Waals surface area contributed by atoms with Crippen molar-refractivity contribution >= 4 is 17.7 Å². The largest absolute Gasteiger partial charge is 0.490 e. The van der Waals surface area contributed by atoms with Crippen LogP contribution < -0.4 is 10.2 Å². The summed E-state index contributed by atoms with van der Waals surface area (Å²) >= 11 is 0. The second kappa shape index (κ2) is 10.2. The van der Waals surface area contributed by atoms with E-state index < -0.39 is 12.1 Å². The lowest BCUT2D eigenvalue weighted by Crippen LogP contribution is -2.37. The SMILES string of the molecule is Cc1nccc(N2CCC(c3[nH]ncc3CNC(=O)C3CC(C)C3)C2)n1.O=C(O)C(F)(F)F. The zero-order chi connectivity index (χ0) is 24.2. The molecule has 33 heavy (non-hydrogen) atoms. The van der Waals surface area contributed by atoms with Crippen LogP contribution in [0.5, 0.6) is 0 Å². The molecule has 2 aromatic heterocycles. The lowest BCUT2D eigenvalue weighted by atomic mass is 9.75. The molecule has 3 heterocycles. The maximum Gasteiger partial charge on any atom is 0.490 e. The van der Waals surface area contributed by atoms with Crippen LogP contribution in [0.4, 0.5) is 19.0 Å². The van der Waals surface area contributed by atoms with Gasteiger partial charge in [-0.15, -0.1) is 0 Å². The Morgan fingerprint density at radius 2 is 2.03 bits per heavy atom. The lowest BCUT2D eigenvalue weighted by Gasteiger charge is -2.31. The van der Waals surface area contributed by atoms with Gasteiger partial charge in [0.25, 0.3) is 0 Å². The number of aliphatic carboxylic acids is 1. The first-order valence-corrected chi connectivity index (χ1v) is 10.7. The van der Waals surface area contributed by atoms with Gasteiger partial charge in [0.15, 0.2) is 0 Å². The van der Waals surface area contributed by atoms with Crippen molar-refractivity contribution in [3.63, 3.8) is 0 Å². The van der Waals surface area contributed by atoms with E-state index in [-0.39, 0.29) is 11.8 Å². The Bertz CT molecular complexity index is 974. The third kappa shape index (κ3) is 6.42. The van der Waals surface area contributed by atoms with Gasteiger partial charge >= 0.3 is 12.1 Å². The molecule has 2 fully saturated rings. The van der Waals surface area contributed by atoms with E-state index in [9.17, 15) is 18.0 Å². The molecule has 12 heteroatoms. The molecule has 1 atom stereocenters. The van der Waals surface area contributed by atoms with Crippen molar-refractivity contribution in [2.24, 2.45) is 11.8 Å². The molecule has 1 amide bonds. The number of amides is 1. The van der Waals surface area contributed by atoms with Crippen LogP contribution in [0.3, 0.4) is 0 Å². The van der Waals surface area contributed by atoms with Crippen LogP contribution in [0, 0.1) is 18.8 Å². The Labute approximate surface area is 188 Å². The summed E-state index contributed by atoms with van der Waals surface area (Å²) in [6, 6.07) is 1.96. The van der Waals surface area contributed by atoms with Gasteiger partial charge in [-0.2, -0.15) is 18.3 Å². The van der Waals surface area contributed by atoms with E-state index in [1.165, 1.54) is 0 Å². The molecule has 1 aliphatic heterocycles. The van der Waals surface area contributed by atoms with Crippen molar-refractivity contribution in [1.29, 1.82) is 0 Å². The number of rotatable bonds is 5. The molecule has 1 saturated carbocycles. The summed E-state index contributed by atoms with van der Waals surface area (Å²) in [5.41, 5.74) is 2.23. The van der Waals surface area contributed by atoms with Gasteiger partial charge in [0.1, 0.15) is 11.6 Å². The summed E-state index contributed by atoms with van der Waals surface area (Å²) < 4.78 is 31.7. The molecule has 2 aromatic rings. The Balaban J connectivity index is 0.000000383. The summed E-state index contributed by atoms with van der Waals surface area (Å²) in [6.07, 6.45) is 1.65. The third-order valence-corrected chi connectivity index (χ3v) is 5.87. The molecule has 2 aliphatic rings. The standard InChI is InChI=1S/C19H26N6O.C2HF3O2/c1-12-7-15(8-12)19(26)21-9-16-10-22-24-18(16)14-4-6-25(11-14)17-3-5-20-13(2)23-17;3-2(4,5)1(6)7/h3,5,10,12,14-15H,4,6-9,11H2,1-2H3,(H,21,26)(H,22,24);(H,6,7). The number of aromatic amines is 1. The zero-order valence-corrected chi connectivity index (χ0v) is 18.4. The Kier molecular flexibility index (Phi) is 7.54. The van der Waals surface area contributed by atoms with Crippen LogP contribution in [-0.2, 0) is 16.1 Å². The number of nitrogens with one attached hydrogen (secondary N) is 2. The van der Waals surface area contributed by atoms with E-state index in [0.29, 0.717) is 18.4 Å². The summed E-state index contributed by atoms with van der Waals surface area (Å²) in [5, 5.41) is 17.6. The first-order chi connectivity index (χ1) is 15.5. The van der Waals surface area contributed by atoms with Gasteiger partial charge in [-0.1, -0.05) is 6.92 Å². The lowest BCUT2D eigenvalue weighted by molar-refractivity contribution is -0.192. The summed E-state index contributed by atoms with van der Waals surface area (Å²) in [4.78, 5) is 32.1. The Morgan fingerprint density at radius 3 is 2.64 bits per heavy atom. The van der Waals surface area contributed by atoms with E-state index in [1.54, 1.807) is 0 Å². The van der Waals surface area contributed by atoms with Crippen molar-refractivity contribution in [2.45, 2.75) is 51.7 Å². The van der Waals surface area contributed by atoms with E-state index in [2.05, 4.69) is 37.3 Å². The maximum atomic E-state index is 12.2. The number of carbonyl (C=O) groups is 2. The maximum absolute atomic E-state index is 12.2. The fourth-order valence-electron chi connectivity index (χ4n) is 4.08. The fourth-order valence-corrected chi connectivity index (χ4v) is 4.08. The first kappa shape index (κ1) is 24.5. The molecule has 0 spiro atoms. The second-order valence-corrected chi connectivity index (χ2v) is 8.50. The molecule has 0 radical (unpaired) electrons. The molecule has 9 nitrogen and oxygen atoms in total. The Hall–Kier alpha value is -3.18. The van der Waals surface area contributed by atoms with Gasteiger partial charge in [-0.25, -0.2) is 14.8 Å². The van der Waals surface area contributed by atoms with Crippen molar-refractivity contribution in [1.82, 2.24) is 25.5 Å². The quantitative estimate of drug-likeness (QED) is 0.616. The molecule has 0 aromatic carbocycles. The molecule has 0 bridgehead atoms. The van der Waals surface area contributed by atoms with E-state index in [1.807, 2.05) is 25.4 Å². The number of hydrogen-bond acceptors (Lipinski definition) is 6. The summed E-state index contributed by atoms with van der Waals surface area (Å²) in [5.74, 6) is 0.457. The van der Waals surface area contributed by atoms with E-state index >= 15 is 0 Å². The first-order valence-electron chi connectivity index (χ1n) is 10.7. The highest BCUT2D eigenvalue weighted by Gasteiger charge is 2.38. The van der Waals surface area contributed by atoms with Crippen LogP contribution in [0.25, 0.3) is 0 Å². The number of carbonyl (C=O) groups excluding carboxylic acids is 1. The monoisotopic (exact) mass is 468 g/mol. The number of aromatic nitrogens is 4. The molecule has 180 valence electrons. The number of halogens is 3. The number of alkyl halides is 3. The predicted molar refractivity (Wildman–Crippen MR) is 112 cm³/mol. The van der Waals surface area contributed by atoms with Crippen molar-refractivity contribution in [3.8, 4) is 0 Å². The van der Waals surface area contributed by atoms with E-state index in [4.69, 9.17) is 9.90 Å². The van der Waals surface area contributed by atoms with Crippen LogP contribution in [-0.4, -0.2) is 56.4 Å². The molecule has 3 N–H and O–H groups in total. The van der Waals surface area contributed by atoms with Gasteiger partial charge in [-0.3, -0.25) is 9.89 Å². The highest BCUT2D eigenvalue weighted by atomic mass is 19.4. The minimum atomic E-state index is -5.08. The number of anilines is 1. The third-order valence-electron chi connectivity index (χ3n) is 5.87. The van der Waals surface area contributed by atoms with Crippen LogP contribution in [0.15, 0.2) is 18.5 Å². The van der Waals surface area contributed by atoms with Gasteiger partial charge in [0.2, 0.25) is 5.91 Å². The van der Waals surface area contributed by atoms with Gasteiger partial charge in [0, 0.05) is 48.9 Å². The summed E-state index contributed by atoms with van der Waals surface area (Å²) in [6.45, 7) is 6.53. The topological polar surface area (TPSA) is 124 Å². The van der Waals surface area contributed by atoms with Crippen molar-refractivity contribution in [2.75, 3.05) is 18.0 Å². The zero-order valence-electron chi connectivity index (χ0n) is 18.4. The number of H-pyrrole nitrogens is 1. The van der Waals surface area contributed by atoms with Crippen LogP contribution >= 0.6 is 0 Å². The van der Waals surface area contributed by atoms with Gasteiger partial charge < -0.3 is 15.3 Å². The molecule has 1 unspecified atom stereocenters. The molecule has 1 aliphatic carbocycles. The number of nitrogens with zero attached hydrogens (tertiary/aromatic N) is 4. The molecule has 1 saturated heterocycles. The number of aryl methyl sites for hydroxylation is 1. The number of hydrogen-bond donors (Lipinski definition) is 3. The summed E-state index contributed by atoms with van der Waals surface area (Å²) in [7, 11) is 0. The van der Waals surface area contributed by atoms with Crippen molar-refractivity contribution in [3.05, 3.63) is 35.5 Å². The normalized spacial score (nSPS) is 22.2. The highest BCUT2D eigenvalue weighted by Crippen LogP contribution is 2.33. The smallest absolute Gasteiger partial charge is 0.475 e. The second-order valence-electron chi connectivity index (χ2n) is 8.50. The predicted octanol–water partition coefficient (Wildman–Crippen LogP) is 2.80. The van der Waals surface area contributed by atoms with Crippen LogP contribution in [0.1, 0.15) is 49.2 Å². The fraction of sp³-hybridized carbons (Fsp3) is 0.571. The molecular formula is C21H27F3N6O3. The highest BCUT2D eigenvalue weighted by molar-refractivity contribution is 5.79. The molecular weight excluding hydrogens is 441 g/mol. The minimum absolute atomic E-state index is 0.180. The minimum Gasteiger partial charge on any atom is -0.475 e. The van der Waals surface area contributed by atoms with Crippen LogP contribution in [0.2, 0.25) is 0 Å². The number of carboxylic acid groups (broad SMARTS) is 1. The molecule has 4 rings (SSSR count). The van der Waals surface area contributed by atoms with E-state index in [0.717, 1.165) is 55.3 Å². The van der Waals surface area contributed by atoms with Gasteiger partial charge in [-0.05, 0) is 38.2 Å². The Morgan fingerprint density at radius 1 is 1.33 bits per heavy atom. The van der Waals surface area contributed by atoms with Gasteiger partial charge in [0.05, 0.1) is 6.20 Å². The number of carboxylic acids is 1. The van der Waals surface area contributed by atoms with Crippen molar-refractivity contribution < 1.29 is 27.9 Å². The average Bonchev–Trinajstić information content (AvgIpc) is 3.38. The average molecular weight is 468 g/mol.